The van der Waals surface area contributed by atoms with Crippen molar-refractivity contribution in [3.05, 3.63) is 35.5 Å². The summed E-state index contributed by atoms with van der Waals surface area (Å²) >= 11 is 0. The molecule has 0 bridgehead atoms. The number of aromatic nitrogens is 2. The second-order valence-corrected chi connectivity index (χ2v) is 8.96. The Morgan fingerprint density at radius 2 is 1.84 bits per heavy atom. The number of nitrogens with zero attached hydrogens (tertiary/aromatic N) is 2. The molecule has 0 radical (unpaired) electrons. The average molecular weight is 437 g/mol. The van der Waals surface area contributed by atoms with Crippen LogP contribution in [0.1, 0.15) is 62.0 Å². The first kappa shape index (κ1) is 20.5. The molecule has 1 aromatic carbocycles. The summed E-state index contributed by atoms with van der Waals surface area (Å²) in [6.45, 7) is 0. The van der Waals surface area contributed by atoms with Gasteiger partial charge in [-0.05, 0) is 74.6 Å². The highest BCUT2D eigenvalue weighted by atomic mass is 16.4. The van der Waals surface area contributed by atoms with Crippen molar-refractivity contribution in [1.82, 2.24) is 15.3 Å². The van der Waals surface area contributed by atoms with Crippen LogP contribution in [0.2, 0.25) is 0 Å². The Balaban J connectivity index is 1.29. The highest BCUT2D eigenvalue weighted by molar-refractivity contribution is 5.94. The second-order valence-electron chi connectivity index (χ2n) is 8.96. The van der Waals surface area contributed by atoms with Crippen LogP contribution in [0, 0.1) is 0 Å². The first-order valence-corrected chi connectivity index (χ1v) is 11.4. The van der Waals surface area contributed by atoms with E-state index in [-0.39, 0.29) is 18.0 Å². The second kappa shape index (κ2) is 8.64. The molecule has 2 fully saturated rings. The van der Waals surface area contributed by atoms with Gasteiger partial charge >= 0.3 is 6.09 Å². The lowest BCUT2D eigenvalue weighted by atomic mass is 9.91. The normalized spacial score (nSPS) is 22.4. The van der Waals surface area contributed by atoms with Crippen molar-refractivity contribution in [2.75, 3.05) is 16.0 Å². The van der Waals surface area contributed by atoms with E-state index in [9.17, 15) is 9.59 Å². The Labute approximate surface area is 186 Å². The largest absolute Gasteiger partial charge is 0.465 e. The molecule has 2 amide bonds. The maximum absolute atomic E-state index is 11.6. The van der Waals surface area contributed by atoms with Crippen molar-refractivity contribution >= 4 is 35.1 Å². The molecule has 32 heavy (non-hydrogen) atoms. The molecule has 0 atom stereocenters. The van der Waals surface area contributed by atoms with Gasteiger partial charge in [-0.1, -0.05) is 0 Å². The van der Waals surface area contributed by atoms with Crippen LogP contribution in [0.25, 0.3) is 0 Å². The summed E-state index contributed by atoms with van der Waals surface area (Å²) in [6.07, 6.45) is 7.98. The molecule has 2 saturated carbocycles. The summed E-state index contributed by atoms with van der Waals surface area (Å²) in [4.78, 5) is 31.8. The molecule has 0 saturated heterocycles. The molecule has 1 aromatic heterocycles. The lowest BCUT2D eigenvalue weighted by molar-refractivity contribution is -0.116. The van der Waals surface area contributed by atoms with Gasteiger partial charge in [0.25, 0.3) is 0 Å². The van der Waals surface area contributed by atoms with Crippen LogP contribution in [-0.4, -0.2) is 39.2 Å². The number of hydrogen-bond acceptors (Lipinski definition) is 6. The minimum Gasteiger partial charge on any atom is -0.465 e. The van der Waals surface area contributed by atoms with Gasteiger partial charge < -0.3 is 26.4 Å². The van der Waals surface area contributed by atoms with E-state index in [1.54, 1.807) is 0 Å². The number of amides is 2. The van der Waals surface area contributed by atoms with Crippen LogP contribution in [0.15, 0.2) is 24.4 Å². The lowest BCUT2D eigenvalue weighted by Crippen LogP contribution is -2.39. The first-order valence-electron chi connectivity index (χ1n) is 11.4. The fourth-order valence-corrected chi connectivity index (χ4v) is 4.60. The standard InChI is InChI=1S/C23H28N6O3/c30-20-10-3-14-11-17(8-9-19(14)28-20)26-22-24-12-18(13-1-2-13)21(29-22)25-15-4-6-16(7-5-15)27-23(31)32/h8-9,11-13,15-16,27H,1-7,10H2,(H,28,30)(H,31,32)(H2,24,25,26,29)/t15-,16-. The maximum atomic E-state index is 11.6. The van der Waals surface area contributed by atoms with E-state index >= 15 is 0 Å². The van der Waals surface area contributed by atoms with E-state index < -0.39 is 6.09 Å². The fourth-order valence-electron chi connectivity index (χ4n) is 4.60. The predicted molar refractivity (Wildman–Crippen MR) is 122 cm³/mol. The zero-order valence-corrected chi connectivity index (χ0v) is 17.9. The monoisotopic (exact) mass is 436 g/mol. The fraction of sp³-hybridized carbons (Fsp3) is 0.478. The number of rotatable bonds is 6. The number of nitrogens with one attached hydrogen (secondary N) is 4. The SMILES string of the molecule is O=C1CCc2cc(Nc3ncc(C4CC4)c(N[C@H]4CC[C@H](NC(=O)O)CC4)n3)ccc2N1. The zero-order valence-electron chi connectivity index (χ0n) is 17.9. The van der Waals surface area contributed by atoms with Crippen molar-refractivity contribution in [2.24, 2.45) is 0 Å². The molecule has 2 aromatic rings. The van der Waals surface area contributed by atoms with Crippen molar-refractivity contribution in [3.63, 3.8) is 0 Å². The van der Waals surface area contributed by atoms with Gasteiger partial charge in [-0.15, -0.1) is 0 Å². The van der Waals surface area contributed by atoms with E-state index in [0.29, 0.717) is 18.3 Å². The summed E-state index contributed by atoms with van der Waals surface area (Å²) in [6, 6.07) is 6.18. The number of carbonyl (C=O) groups is 2. The summed E-state index contributed by atoms with van der Waals surface area (Å²) in [5.41, 5.74) is 4.03. The molecule has 9 nitrogen and oxygen atoms in total. The van der Waals surface area contributed by atoms with E-state index in [4.69, 9.17) is 10.1 Å². The topological polar surface area (TPSA) is 128 Å². The van der Waals surface area contributed by atoms with Gasteiger partial charge in [0, 0.05) is 41.6 Å². The Kier molecular flexibility index (Phi) is 5.55. The number of anilines is 4. The lowest BCUT2D eigenvalue weighted by Gasteiger charge is -2.29. The molecule has 3 aliphatic rings. The maximum Gasteiger partial charge on any atom is 0.404 e. The van der Waals surface area contributed by atoms with Crippen molar-refractivity contribution in [1.29, 1.82) is 0 Å². The van der Waals surface area contributed by atoms with Crippen LogP contribution < -0.4 is 21.3 Å². The smallest absolute Gasteiger partial charge is 0.404 e. The number of fused-ring (bicyclic) bond motifs is 1. The van der Waals surface area contributed by atoms with E-state index in [0.717, 1.165) is 73.3 Å². The van der Waals surface area contributed by atoms with Crippen LogP contribution in [0.3, 0.4) is 0 Å². The Morgan fingerprint density at radius 3 is 2.59 bits per heavy atom. The predicted octanol–water partition coefficient (Wildman–Crippen LogP) is 3.97. The molecule has 0 spiro atoms. The summed E-state index contributed by atoms with van der Waals surface area (Å²) in [5.74, 6) is 1.99. The van der Waals surface area contributed by atoms with Crippen LogP contribution in [-0.2, 0) is 11.2 Å². The van der Waals surface area contributed by atoms with Gasteiger partial charge in [0.15, 0.2) is 0 Å². The Morgan fingerprint density at radius 1 is 1.06 bits per heavy atom. The van der Waals surface area contributed by atoms with Crippen molar-refractivity contribution < 1.29 is 14.7 Å². The summed E-state index contributed by atoms with van der Waals surface area (Å²) in [5, 5.41) is 21.3. The molecule has 0 unspecified atom stereocenters. The van der Waals surface area contributed by atoms with Crippen molar-refractivity contribution in [2.45, 2.75) is 69.4 Å². The van der Waals surface area contributed by atoms with Gasteiger partial charge in [0.2, 0.25) is 11.9 Å². The van der Waals surface area contributed by atoms with Crippen LogP contribution in [0.5, 0.6) is 0 Å². The zero-order chi connectivity index (χ0) is 22.1. The molecule has 2 aliphatic carbocycles. The third-order valence-electron chi connectivity index (χ3n) is 6.49. The molecule has 5 rings (SSSR count). The number of benzene rings is 1. The van der Waals surface area contributed by atoms with Gasteiger partial charge in [0.05, 0.1) is 0 Å². The van der Waals surface area contributed by atoms with Gasteiger partial charge in [0.1, 0.15) is 5.82 Å². The summed E-state index contributed by atoms with van der Waals surface area (Å²) in [7, 11) is 0. The minimum atomic E-state index is -0.950. The van der Waals surface area contributed by atoms with Crippen LogP contribution in [0.4, 0.5) is 27.9 Å². The number of hydrogen-bond donors (Lipinski definition) is 5. The molecular weight excluding hydrogens is 408 g/mol. The molecule has 2 heterocycles. The molecule has 5 N–H and O–H groups in total. The minimum absolute atomic E-state index is 0.0323. The van der Waals surface area contributed by atoms with Gasteiger partial charge in [-0.3, -0.25) is 4.79 Å². The third-order valence-corrected chi connectivity index (χ3v) is 6.49. The molecule has 168 valence electrons. The highest BCUT2D eigenvalue weighted by Crippen LogP contribution is 2.43. The van der Waals surface area contributed by atoms with E-state index in [2.05, 4.69) is 26.3 Å². The molecule has 1 aliphatic heterocycles. The number of aryl methyl sites for hydroxylation is 1. The van der Waals surface area contributed by atoms with E-state index in [1.807, 2.05) is 24.4 Å². The third kappa shape index (κ3) is 4.76. The number of carboxylic acid groups (broad SMARTS) is 1. The average Bonchev–Trinajstić information content (AvgIpc) is 3.60. The number of carbonyl (C=O) groups excluding carboxylic acids is 1. The highest BCUT2D eigenvalue weighted by Gasteiger charge is 2.29. The van der Waals surface area contributed by atoms with Gasteiger partial charge in [-0.2, -0.15) is 4.98 Å². The quantitative estimate of drug-likeness (QED) is 0.463. The molecular formula is C23H28N6O3. The van der Waals surface area contributed by atoms with Crippen LogP contribution >= 0.6 is 0 Å². The molecule has 9 heteroatoms. The summed E-state index contributed by atoms with van der Waals surface area (Å²) < 4.78 is 0. The Hall–Kier alpha value is -3.36. The van der Waals surface area contributed by atoms with Crippen molar-refractivity contribution in [3.8, 4) is 0 Å². The van der Waals surface area contributed by atoms with E-state index in [1.165, 1.54) is 0 Å². The Bertz CT molecular complexity index is 1030. The van der Waals surface area contributed by atoms with Gasteiger partial charge in [-0.25, -0.2) is 9.78 Å². The first-order chi connectivity index (χ1) is 15.5.